The van der Waals surface area contributed by atoms with E-state index in [2.05, 4.69) is 13.8 Å². The molecule has 0 amide bonds. The van der Waals surface area contributed by atoms with Crippen LogP contribution in [0.3, 0.4) is 0 Å². The summed E-state index contributed by atoms with van der Waals surface area (Å²) in [5, 5.41) is 0. The van der Waals surface area contributed by atoms with Crippen LogP contribution in [0.5, 0.6) is 0 Å². The number of hydrogen-bond donors (Lipinski definition) is 0. The maximum absolute atomic E-state index is 11.9. The van der Waals surface area contributed by atoms with Crippen LogP contribution in [0.2, 0.25) is 0 Å². The number of carbonyl (C=O) groups excluding carboxylic acids is 2. The number of ether oxygens (including phenoxy) is 1. The summed E-state index contributed by atoms with van der Waals surface area (Å²) in [6, 6.07) is 7.46. The Balaban J connectivity index is 2.08. The summed E-state index contributed by atoms with van der Waals surface area (Å²) in [6.07, 6.45) is 4.91. The first kappa shape index (κ1) is 15.7. The van der Waals surface area contributed by atoms with E-state index in [9.17, 15) is 9.59 Å². The minimum absolute atomic E-state index is 0.222. The zero-order chi connectivity index (χ0) is 15.5. The van der Waals surface area contributed by atoms with Gasteiger partial charge >= 0.3 is 5.97 Å². The summed E-state index contributed by atoms with van der Waals surface area (Å²) in [5.74, 6) is -0.781. The molecule has 0 N–H and O–H groups in total. The topological polar surface area (TPSA) is 43.4 Å². The molecule has 0 heterocycles. The third-order valence-electron chi connectivity index (χ3n) is 4.31. The van der Waals surface area contributed by atoms with Gasteiger partial charge in [0.2, 0.25) is 0 Å². The lowest BCUT2D eigenvalue weighted by Crippen LogP contribution is -2.21. The molecular weight excluding hydrogens is 264 g/mol. The fourth-order valence-electron chi connectivity index (χ4n) is 3.20. The molecule has 2 rings (SSSR count). The average Bonchev–Trinajstić information content (AvgIpc) is 2.46. The first-order chi connectivity index (χ1) is 9.93. The van der Waals surface area contributed by atoms with Crippen LogP contribution in [0.25, 0.3) is 0 Å². The molecule has 21 heavy (non-hydrogen) atoms. The smallest absolute Gasteiger partial charge is 0.379 e. The minimum atomic E-state index is -0.774. The van der Waals surface area contributed by atoms with Crippen LogP contribution >= 0.6 is 0 Å². The van der Waals surface area contributed by atoms with E-state index in [1.54, 1.807) is 19.1 Å². The predicted molar refractivity (Wildman–Crippen MR) is 82.4 cm³/mol. The van der Waals surface area contributed by atoms with E-state index in [1.807, 2.05) is 12.1 Å². The molecule has 114 valence electrons. The molecule has 0 bridgehead atoms. The molecule has 0 radical (unpaired) electrons. The van der Waals surface area contributed by atoms with Gasteiger partial charge in [0, 0.05) is 5.56 Å². The second-order valence-electron chi connectivity index (χ2n) is 6.63. The Labute approximate surface area is 126 Å². The monoisotopic (exact) mass is 288 g/mol. The van der Waals surface area contributed by atoms with E-state index < -0.39 is 11.8 Å². The van der Waals surface area contributed by atoms with E-state index in [-0.39, 0.29) is 6.61 Å². The molecule has 3 heteroatoms. The Morgan fingerprint density at radius 3 is 2.48 bits per heavy atom. The van der Waals surface area contributed by atoms with Crippen molar-refractivity contribution in [1.82, 2.24) is 0 Å². The van der Waals surface area contributed by atoms with Crippen LogP contribution < -0.4 is 0 Å². The summed E-state index contributed by atoms with van der Waals surface area (Å²) < 4.78 is 4.74. The Morgan fingerprint density at radius 1 is 1.24 bits per heavy atom. The first-order valence-corrected chi connectivity index (χ1v) is 7.74. The van der Waals surface area contributed by atoms with Crippen LogP contribution in [0.15, 0.2) is 24.3 Å². The van der Waals surface area contributed by atoms with Crippen LogP contribution in [-0.4, -0.2) is 18.4 Å². The molecule has 1 atom stereocenters. The van der Waals surface area contributed by atoms with Crippen molar-refractivity contribution in [3.8, 4) is 0 Å². The molecule has 1 unspecified atom stereocenters. The van der Waals surface area contributed by atoms with Crippen molar-refractivity contribution >= 4 is 11.8 Å². The Bertz CT molecular complexity index is 514. The Morgan fingerprint density at radius 2 is 1.90 bits per heavy atom. The zero-order valence-electron chi connectivity index (χ0n) is 13.1. The average molecular weight is 288 g/mol. The highest BCUT2D eigenvalue weighted by Gasteiger charge is 2.29. The van der Waals surface area contributed by atoms with Crippen molar-refractivity contribution in [2.45, 2.75) is 52.4 Å². The zero-order valence-corrected chi connectivity index (χ0v) is 13.1. The summed E-state index contributed by atoms with van der Waals surface area (Å²) in [4.78, 5) is 23.3. The van der Waals surface area contributed by atoms with Crippen LogP contribution in [0.4, 0.5) is 0 Å². The SMILES string of the molecule is CCOC(=O)C(=O)c1ccc(C2CCCC(C)(C)C2)cc1. The molecule has 1 aliphatic rings. The molecule has 0 saturated heterocycles. The standard InChI is InChI=1S/C18H24O3/c1-4-21-17(20)16(19)14-9-7-13(8-10-14)15-6-5-11-18(2,3)12-15/h7-10,15H,4-6,11-12H2,1-3H3. The maximum Gasteiger partial charge on any atom is 0.379 e. The first-order valence-electron chi connectivity index (χ1n) is 7.74. The van der Waals surface area contributed by atoms with Gasteiger partial charge in [0.15, 0.2) is 0 Å². The van der Waals surface area contributed by atoms with Crippen LogP contribution in [0, 0.1) is 5.41 Å². The third-order valence-corrected chi connectivity index (χ3v) is 4.31. The van der Waals surface area contributed by atoms with Gasteiger partial charge in [-0.25, -0.2) is 4.79 Å². The molecule has 3 nitrogen and oxygen atoms in total. The highest BCUT2D eigenvalue weighted by molar-refractivity contribution is 6.40. The van der Waals surface area contributed by atoms with Crippen molar-refractivity contribution in [3.63, 3.8) is 0 Å². The van der Waals surface area contributed by atoms with Crippen molar-refractivity contribution in [2.24, 2.45) is 5.41 Å². The van der Waals surface area contributed by atoms with Gasteiger partial charge < -0.3 is 4.74 Å². The largest absolute Gasteiger partial charge is 0.460 e. The molecule has 0 spiro atoms. The molecule has 1 aromatic carbocycles. The van der Waals surface area contributed by atoms with Gasteiger partial charge in [-0.3, -0.25) is 4.79 Å². The fraction of sp³-hybridized carbons (Fsp3) is 0.556. The third kappa shape index (κ3) is 3.93. The summed E-state index contributed by atoms with van der Waals surface area (Å²) in [7, 11) is 0. The minimum Gasteiger partial charge on any atom is -0.460 e. The Hall–Kier alpha value is -1.64. The molecule has 0 aliphatic heterocycles. The predicted octanol–water partition coefficient (Wildman–Crippen LogP) is 4.12. The van der Waals surface area contributed by atoms with Crippen LogP contribution in [-0.2, 0) is 9.53 Å². The van der Waals surface area contributed by atoms with E-state index >= 15 is 0 Å². The quantitative estimate of drug-likeness (QED) is 0.475. The number of ketones is 1. The van der Waals surface area contributed by atoms with Crippen molar-refractivity contribution in [3.05, 3.63) is 35.4 Å². The van der Waals surface area contributed by atoms with Gasteiger partial charge in [-0.2, -0.15) is 0 Å². The number of benzene rings is 1. The molecule has 1 aromatic rings. The second-order valence-corrected chi connectivity index (χ2v) is 6.63. The molecule has 1 fully saturated rings. The lowest BCUT2D eigenvalue weighted by Gasteiger charge is -2.35. The fourth-order valence-corrected chi connectivity index (χ4v) is 3.20. The van der Waals surface area contributed by atoms with Gasteiger partial charge in [-0.05, 0) is 43.1 Å². The normalized spacial score (nSPS) is 20.8. The summed E-state index contributed by atoms with van der Waals surface area (Å²) >= 11 is 0. The van der Waals surface area contributed by atoms with Gasteiger partial charge in [0.05, 0.1) is 6.61 Å². The van der Waals surface area contributed by atoms with Crippen molar-refractivity contribution < 1.29 is 14.3 Å². The lowest BCUT2D eigenvalue weighted by molar-refractivity contribution is -0.137. The number of hydrogen-bond acceptors (Lipinski definition) is 3. The molecule has 0 aromatic heterocycles. The molecule has 1 saturated carbocycles. The van der Waals surface area contributed by atoms with Crippen LogP contribution in [0.1, 0.15) is 68.3 Å². The van der Waals surface area contributed by atoms with Gasteiger partial charge in [-0.15, -0.1) is 0 Å². The van der Waals surface area contributed by atoms with Gasteiger partial charge in [0.1, 0.15) is 0 Å². The van der Waals surface area contributed by atoms with Gasteiger partial charge in [0.25, 0.3) is 5.78 Å². The van der Waals surface area contributed by atoms with E-state index in [0.717, 1.165) is 0 Å². The number of carbonyl (C=O) groups is 2. The summed E-state index contributed by atoms with van der Waals surface area (Å²) in [6.45, 7) is 6.55. The number of esters is 1. The Kier molecular flexibility index (Phi) is 4.81. The van der Waals surface area contributed by atoms with Crippen molar-refractivity contribution in [2.75, 3.05) is 6.61 Å². The molecule has 1 aliphatic carbocycles. The van der Waals surface area contributed by atoms with E-state index in [1.165, 1.54) is 31.2 Å². The maximum atomic E-state index is 11.9. The van der Waals surface area contributed by atoms with Gasteiger partial charge in [-0.1, -0.05) is 44.5 Å². The highest BCUT2D eigenvalue weighted by Crippen LogP contribution is 2.43. The lowest BCUT2D eigenvalue weighted by atomic mass is 9.70. The number of Topliss-reactive ketones (excluding diaryl/α,β-unsaturated/α-hetero) is 1. The summed E-state index contributed by atoms with van der Waals surface area (Å²) in [5.41, 5.74) is 2.07. The van der Waals surface area contributed by atoms with E-state index in [0.29, 0.717) is 16.9 Å². The van der Waals surface area contributed by atoms with Crippen molar-refractivity contribution in [1.29, 1.82) is 0 Å². The van der Waals surface area contributed by atoms with E-state index in [4.69, 9.17) is 4.74 Å². The number of rotatable bonds is 4. The second kappa shape index (κ2) is 6.42. The highest BCUT2D eigenvalue weighted by atomic mass is 16.5. The molecular formula is C18H24O3.